The van der Waals surface area contributed by atoms with Gasteiger partial charge in [-0.15, -0.1) is 0 Å². The van der Waals surface area contributed by atoms with E-state index in [1.54, 1.807) is 0 Å². The number of hydrogen-bond acceptors (Lipinski definition) is 3. The van der Waals surface area contributed by atoms with Crippen molar-refractivity contribution in [2.45, 2.75) is 26.4 Å². The van der Waals surface area contributed by atoms with Crippen LogP contribution in [0.25, 0.3) is 0 Å². The molecule has 0 saturated heterocycles. The number of nitrogens with zero attached hydrogens (tertiary/aromatic N) is 2. The van der Waals surface area contributed by atoms with Crippen LogP contribution >= 0.6 is 11.6 Å². The molecule has 1 aromatic carbocycles. The van der Waals surface area contributed by atoms with Gasteiger partial charge in [-0.05, 0) is 45.3 Å². The Balaban J connectivity index is 2.73. The normalized spacial score (nSPS) is 13.3. The lowest BCUT2D eigenvalue weighted by Gasteiger charge is -2.30. The third kappa shape index (κ3) is 4.48. The van der Waals surface area contributed by atoms with E-state index in [2.05, 4.69) is 37.7 Å². The van der Waals surface area contributed by atoms with E-state index in [1.807, 2.05) is 18.2 Å². The average Bonchev–Trinajstić information content (AvgIpc) is 2.27. The molecule has 0 aliphatic carbocycles. The Hall–Kier alpha value is -0.770. The maximum atomic E-state index is 6.00. The fourth-order valence-corrected chi connectivity index (χ4v) is 2.33. The third-order valence-electron chi connectivity index (χ3n) is 3.14. The standard InChI is InChI=1S/C14H24ClN3/c1-5-18(11(2)9-17(3)4)10-12-6-7-13(15)8-14(12)16/h6-8,11H,5,9-10,16H2,1-4H3. The topological polar surface area (TPSA) is 32.5 Å². The number of anilines is 1. The predicted molar refractivity (Wildman–Crippen MR) is 80.0 cm³/mol. The van der Waals surface area contributed by atoms with Crippen molar-refractivity contribution < 1.29 is 0 Å². The Kier molecular flexibility index (Phi) is 5.93. The molecule has 4 heteroatoms. The highest BCUT2D eigenvalue weighted by molar-refractivity contribution is 6.30. The Morgan fingerprint density at radius 2 is 2.00 bits per heavy atom. The second-order valence-corrected chi connectivity index (χ2v) is 5.45. The molecule has 0 heterocycles. The van der Waals surface area contributed by atoms with E-state index in [0.717, 1.165) is 30.9 Å². The molecule has 18 heavy (non-hydrogen) atoms. The van der Waals surface area contributed by atoms with Crippen LogP contribution in [0.5, 0.6) is 0 Å². The summed E-state index contributed by atoms with van der Waals surface area (Å²) in [5.41, 5.74) is 7.93. The molecular formula is C14H24ClN3. The number of nitrogens with two attached hydrogens (primary N) is 1. The van der Waals surface area contributed by atoms with Crippen molar-refractivity contribution in [1.82, 2.24) is 9.80 Å². The Morgan fingerprint density at radius 3 is 2.50 bits per heavy atom. The van der Waals surface area contributed by atoms with E-state index in [9.17, 15) is 0 Å². The molecule has 1 unspecified atom stereocenters. The van der Waals surface area contributed by atoms with Crippen molar-refractivity contribution in [2.24, 2.45) is 0 Å². The van der Waals surface area contributed by atoms with Gasteiger partial charge in [-0.3, -0.25) is 4.90 Å². The largest absolute Gasteiger partial charge is 0.398 e. The lowest BCUT2D eigenvalue weighted by atomic mass is 10.1. The van der Waals surface area contributed by atoms with Gasteiger partial charge in [-0.1, -0.05) is 24.6 Å². The first-order chi connectivity index (χ1) is 8.43. The first-order valence-corrected chi connectivity index (χ1v) is 6.74. The van der Waals surface area contributed by atoms with Crippen molar-refractivity contribution in [2.75, 3.05) is 32.9 Å². The maximum absolute atomic E-state index is 6.00. The zero-order valence-corrected chi connectivity index (χ0v) is 12.5. The number of nitrogen functional groups attached to an aromatic ring is 1. The molecule has 0 aliphatic rings. The molecule has 1 atom stereocenters. The minimum Gasteiger partial charge on any atom is -0.398 e. The quantitative estimate of drug-likeness (QED) is 0.806. The summed E-state index contributed by atoms with van der Waals surface area (Å²) < 4.78 is 0. The zero-order chi connectivity index (χ0) is 13.7. The van der Waals surface area contributed by atoms with Gasteiger partial charge in [0.05, 0.1) is 0 Å². The van der Waals surface area contributed by atoms with Crippen LogP contribution in [0.15, 0.2) is 18.2 Å². The molecule has 0 aliphatic heterocycles. The van der Waals surface area contributed by atoms with Crippen LogP contribution in [-0.4, -0.2) is 43.0 Å². The van der Waals surface area contributed by atoms with Crippen LogP contribution in [0.4, 0.5) is 5.69 Å². The highest BCUT2D eigenvalue weighted by atomic mass is 35.5. The smallest absolute Gasteiger partial charge is 0.0426 e. The van der Waals surface area contributed by atoms with E-state index in [4.69, 9.17) is 17.3 Å². The summed E-state index contributed by atoms with van der Waals surface area (Å²) in [5, 5.41) is 0.695. The lowest BCUT2D eigenvalue weighted by molar-refractivity contribution is 0.174. The van der Waals surface area contributed by atoms with Gasteiger partial charge in [0.15, 0.2) is 0 Å². The molecule has 3 nitrogen and oxygen atoms in total. The van der Waals surface area contributed by atoms with Gasteiger partial charge in [0.25, 0.3) is 0 Å². The van der Waals surface area contributed by atoms with E-state index in [1.165, 1.54) is 0 Å². The highest BCUT2D eigenvalue weighted by Gasteiger charge is 2.14. The minimum atomic E-state index is 0.500. The van der Waals surface area contributed by atoms with Gasteiger partial charge in [0.1, 0.15) is 0 Å². The summed E-state index contributed by atoms with van der Waals surface area (Å²) in [6.07, 6.45) is 0. The number of rotatable bonds is 6. The molecule has 0 aromatic heterocycles. The Bertz CT molecular complexity index is 379. The van der Waals surface area contributed by atoms with E-state index in [-0.39, 0.29) is 0 Å². The van der Waals surface area contributed by atoms with Gasteiger partial charge in [-0.25, -0.2) is 0 Å². The molecule has 0 spiro atoms. The summed E-state index contributed by atoms with van der Waals surface area (Å²) in [5.74, 6) is 0. The molecule has 2 N–H and O–H groups in total. The van der Waals surface area contributed by atoms with Gasteiger partial charge in [0.2, 0.25) is 0 Å². The molecule has 1 rings (SSSR count). The molecule has 102 valence electrons. The minimum absolute atomic E-state index is 0.500. The van der Waals surface area contributed by atoms with Crippen LogP contribution in [0, 0.1) is 0 Å². The first-order valence-electron chi connectivity index (χ1n) is 6.36. The van der Waals surface area contributed by atoms with E-state index in [0.29, 0.717) is 11.1 Å². The summed E-state index contributed by atoms with van der Waals surface area (Å²) in [6, 6.07) is 6.24. The second-order valence-electron chi connectivity index (χ2n) is 5.02. The Labute approximate surface area is 116 Å². The summed E-state index contributed by atoms with van der Waals surface area (Å²) in [4.78, 5) is 4.62. The van der Waals surface area contributed by atoms with Crippen LogP contribution in [0.1, 0.15) is 19.4 Å². The SMILES string of the molecule is CCN(Cc1ccc(Cl)cc1N)C(C)CN(C)C. The van der Waals surface area contributed by atoms with Gasteiger partial charge in [-0.2, -0.15) is 0 Å². The fraction of sp³-hybridized carbons (Fsp3) is 0.571. The number of likely N-dealkylation sites (N-methyl/N-ethyl adjacent to an activating group) is 2. The molecular weight excluding hydrogens is 246 g/mol. The molecule has 0 bridgehead atoms. The number of halogens is 1. The van der Waals surface area contributed by atoms with Crippen molar-refractivity contribution in [1.29, 1.82) is 0 Å². The van der Waals surface area contributed by atoms with Crippen molar-refractivity contribution in [3.05, 3.63) is 28.8 Å². The number of hydrogen-bond donors (Lipinski definition) is 1. The first kappa shape index (κ1) is 15.3. The third-order valence-corrected chi connectivity index (χ3v) is 3.38. The fourth-order valence-electron chi connectivity index (χ4n) is 2.15. The molecule has 0 saturated carbocycles. The monoisotopic (exact) mass is 269 g/mol. The Morgan fingerprint density at radius 1 is 1.33 bits per heavy atom. The van der Waals surface area contributed by atoms with E-state index >= 15 is 0 Å². The van der Waals surface area contributed by atoms with Crippen LogP contribution < -0.4 is 5.73 Å². The predicted octanol–water partition coefficient (Wildman–Crippen LogP) is 2.69. The summed E-state index contributed by atoms with van der Waals surface area (Å²) >= 11 is 5.92. The average molecular weight is 270 g/mol. The molecule has 1 aromatic rings. The summed E-state index contributed by atoms with van der Waals surface area (Å²) in [7, 11) is 4.20. The van der Waals surface area contributed by atoms with E-state index < -0.39 is 0 Å². The van der Waals surface area contributed by atoms with Gasteiger partial charge in [0, 0.05) is 29.8 Å². The molecule has 0 fully saturated rings. The maximum Gasteiger partial charge on any atom is 0.0426 e. The summed E-state index contributed by atoms with van der Waals surface area (Å²) in [6.45, 7) is 7.35. The van der Waals surface area contributed by atoms with Crippen molar-refractivity contribution in [3.8, 4) is 0 Å². The number of benzene rings is 1. The van der Waals surface area contributed by atoms with Crippen molar-refractivity contribution in [3.63, 3.8) is 0 Å². The zero-order valence-electron chi connectivity index (χ0n) is 11.8. The van der Waals surface area contributed by atoms with Crippen LogP contribution in [0.2, 0.25) is 5.02 Å². The second kappa shape index (κ2) is 6.98. The highest BCUT2D eigenvalue weighted by Crippen LogP contribution is 2.20. The molecule has 0 radical (unpaired) electrons. The van der Waals surface area contributed by atoms with Gasteiger partial charge < -0.3 is 10.6 Å². The van der Waals surface area contributed by atoms with Crippen LogP contribution in [-0.2, 0) is 6.54 Å². The van der Waals surface area contributed by atoms with Gasteiger partial charge >= 0.3 is 0 Å². The van der Waals surface area contributed by atoms with Crippen molar-refractivity contribution >= 4 is 17.3 Å². The van der Waals surface area contributed by atoms with Crippen LogP contribution in [0.3, 0.4) is 0 Å². The molecule has 0 amide bonds. The lowest BCUT2D eigenvalue weighted by Crippen LogP contribution is -2.39.